The van der Waals surface area contributed by atoms with Gasteiger partial charge in [0, 0.05) is 18.8 Å². The van der Waals surface area contributed by atoms with Crippen molar-refractivity contribution < 1.29 is 13.5 Å². The van der Waals surface area contributed by atoms with Crippen LogP contribution in [-0.2, 0) is 4.74 Å². The zero-order chi connectivity index (χ0) is 14.6. The molecule has 1 aliphatic rings. The fourth-order valence-corrected chi connectivity index (χ4v) is 2.40. The smallest absolute Gasteiger partial charge is 0.270 e. The molecule has 0 saturated carbocycles. The summed E-state index contributed by atoms with van der Waals surface area (Å²) in [6.45, 7) is 0. The van der Waals surface area contributed by atoms with Gasteiger partial charge >= 0.3 is 0 Å². The van der Waals surface area contributed by atoms with Gasteiger partial charge < -0.3 is 4.74 Å². The lowest BCUT2D eigenvalue weighted by atomic mass is 9.85. The summed E-state index contributed by atoms with van der Waals surface area (Å²) in [6, 6.07) is 9.74. The van der Waals surface area contributed by atoms with Crippen molar-refractivity contribution in [2.24, 2.45) is 0 Å². The van der Waals surface area contributed by atoms with Crippen molar-refractivity contribution in [2.75, 3.05) is 7.11 Å². The topological polar surface area (TPSA) is 9.23 Å². The maximum Gasteiger partial charge on any atom is 0.270 e. The van der Waals surface area contributed by atoms with E-state index in [1.807, 2.05) is 30.3 Å². The highest BCUT2D eigenvalue weighted by Gasteiger charge is 2.28. The van der Waals surface area contributed by atoms with Gasteiger partial charge in [0.25, 0.3) is 5.92 Å². The molecule has 1 nitrogen and oxygen atoms in total. The quantitative estimate of drug-likeness (QED) is 0.747. The Hall–Kier alpha value is -1.55. The molecule has 1 aliphatic carbocycles. The second-order valence-electron chi connectivity index (χ2n) is 4.75. The maximum atomic E-state index is 13.2. The van der Waals surface area contributed by atoms with Crippen LogP contribution in [0.1, 0.15) is 24.3 Å². The number of hydrogen-bond acceptors (Lipinski definition) is 2. The first-order valence-corrected chi connectivity index (χ1v) is 6.81. The molecular formula is C16H16F2OS. The molecule has 0 N–H and O–H groups in total. The van der Waals surface area contributed by atoms with E-state index in [2.05, 4.69) is 0 Å². The van der Waals surface area contributed by atoms with Crippen molar-refractivity contribution in [2.45, 2.75) is 24.7 Å². The Labute approximate surface area is 122 Å². The Bertz CT molecular complexity index is 535. The molecule has 0 aromatic heterocycles. The van der Waals surface area contributed by atoms with Crippen LogP contribution >= 0.6 is 12.2 Å². The molecule has 20 heavy (non-hydrogen) atoms. The van der Waals surface area contributed by atoms with E-state index in [9.17, 15) is 8.78 Å². The Morgan fingerprint density at radius 1 is 1.35 bits per heavy atom. The first kappa shape index (κ1) is 14.9. The van der Waals surface area contributed by atoms with Gasteiger partial charge in [0.15, 0.2) is 5.05 Å². The van der Waals surface area contributed by atoms with Crippen molar-refractivity contribution in [3.63, 3.8) is 0 Å². The minimum Gasteiger partial charge on any atom is -0.490 e. The third-order valence-corrected chi connectivity index (χ3v) is 3.67. The molecule has 1 aromatic carbocycles. The van der Waals surface area contributed by atoms with E-state index in [1.54, 1.807) is 6.08 Å². The number of allylic oxidation sites excluding steroid dienone is 4. The van der Waals surface area contributed by atoms with Crippen molar-refractivity contribution in [1.29, 1.82) is 0 Å². The zero-order valence-electron chi connectivity index (χ0n) is 11.2. The number of ether oxygens (including phenoxy) is 1. The van der Waals surface area contributed by atoms with E-state index >= 15 is 0 Å². The lowest BCUT2D eigenvalue weighted by molar-refractivity contribution is 0.0570. The first-order valence-electron chi connectivity index (χ1n) is 6.41. The average molecular weight is 294 g/mol. The molecule has 0 saturated heterocycles. The van der Waals surface area contributed by atoms with Crippen LogP contribution in [0.5, 0.6) is 0 Å². The average Bonchev–Trinajstić information content (AvgIpc) is 2.46. The molecule has 1 atom stereocenters. The summed E-state index contributed by atoms with van der Waals surface area (Å²) in [5.41, 5.74) is 1.91. The summed E-state index contributed by atoms with van der Waals surface area (Å²) in [7, 11) is 1.53. The molecule has 0 spiro atoms. The highest BCUT2D eigenvalue weighted by Crippen LogP contribution is 2.35. The second kappa shape index (κ2) is 6.27. The number of thiocarbonyl (C=S) groups is 1. The SMILES string of the molecule is COC(=S)CC(C1=CCC(F)(F)C=C1)c1ccccc1. The van der Waals surface area contributed by atoms with Crippen LogP contribution in [0, 0.1) is 0 Å². The van der Waals surface area contributed by atoms with Crippen LogP contribution in [0.4, 0.5) is 8.78 Å². The summed E-state index contributed by atoms with van der Waals surface area (Å²) in [5.74, 6) is -2.79. The van der Waals surface area contributed by atoms with Gasteiger partial charge in [0.05, 0.1) is 7.11 Å². The van der Waals surface area contributed by atoms with E-state index in [4.69, 9.17) is 17.0 Å². The summed E-state index contributed by atoms with van der Waals surface area (Å²) >= 11 is 5.12. The van der Waals surface area contributed by atoms with Gasteiger partial charge in [-0.2, -0.15) is 0 Å². The Morgan fingerprint density at radius 2 is 2.05 bits per heavy atom. The molecule has 0 fully saturated rings. The van der Waals surface area contributed by atoms with Gasteiger partial charge in [-0.25, -0.2) is 8.78 Å². The molecule has 0 heterocycles. The zero-order valence-corrected chi connectivity index (χ0v) is 12.0. The van der Waals surface area contributed by atoms with Gasteiger partial charge in [-0.05, 0) is 29.4 Å². The molecule has 0 amide bonds. The number of alkyl halides is 2. The largest absolute Gasteiger partial charge is 0.490 e. The van der Waals surface area contributed by atoms with Crippen molar-refractivity contribution >= 4 is 17.3 Å². The fourth-order valence-electron chi connectivity index (χ4n) is 2.23. The third kappa shape index (κ3) is 3.73. The van der Waals surface area contributed by atoms with Gasteiger partial charge in [-0.3, -0.25) is 0 Å². The summed E-state index contributed by atoms with van der Waals surface area (Å²) < 4.78 is 31.4. The van der Waals surface area contributed by atoms with E-state index in [0.717, 1.165) is 17.2 Å². The summed E-state index contributed by atoms with van der Waals surface area (Å²) in [6.07, 6.45) is 4.31. The van der Waals surface area contributed by atoms with E-state index in [-0.39, 0.29) is 12.3 Å². The molecule has 1 aromatic rings. The van der Waals surface area contributed by atoms with Gasteiger partial charge in [-0.1, -0.05) is 42.5 Å². The lowest BCUT2D eigenvalue weighted by Gasteiger charge is -2.23. The highest BCUT2D eigenvalue weighted by atomic mass is 32.1. The molecule has 2 rings (SSSR count). The van der Waals surface area contributed by atoms with E-state index in [0.29, 0.717) is 11.5 Å². The minimum atomic E-state index is -2.74. The normalized spacial score (nSPS) is 18.2. The third-order valence-electron chi connectivity index (χ3n) is 3.33. The molecule has 0 radical (unpaired) electrons. The predicted octanol–water partition coefficient (Wildman–Crippen LogP) is 4.66. The van der Waals surface area contributed by atoms with E-state index in [1.165, 1.54) is 13.2 Å². The lowest BCUT2D eigenvalue weighted by Crippen LogP contribution is -2.16. The molecule has 106 valence electrons. The monoisotopic (exact) mass is 294 g/mol. The fraction of sp³-hybridized carbons (Fsp3) is 0.312. The summed E-state index contributed by atoms with van der Waals surface area (Å²) in [4.78, 5) is 0. The number of benzene rings is 1. The first-order chi connectivity index (χ1) is 9.52. The minimum absolute atomic E-state index is 0.0454. The Morgan fingerprint density at radius 3 is 2.60 bits per heavy atom. The van der Waals surface area contributed by atoms with Crippen LogP contribution in [0.3, 0.4) is 0 Å². The molecular weight excluding hydrogens is 278 g/mol. The van der Waals surface area contributed by atoms with Crippen molar-refractivity contribution in [1.82, 2.24) is 0 Å². The second-order valence-corrected chi connectivity index (χ2v) is 5.20. The van der Waals surface area contributed by atoms with Gasteiger partial charge in [-0.15, -0.1) is 0 Å². The van der Waals surface area contributed by atoms with Crippen LogP contribution in [0.25, 0.3) is 0 Å². The van der Waals surface area contributed by atoms with E-state index < -0.39 is 5.92 Å². The Balaban J connectivity index is 2.27. The maximum absolute atomic E-state index is 13.2. The van der Waals surface area contributed by atoms with Crippen LogP contribution in [0.2, 0.25) is 0 Å². The van der Waals surface area contributed by atoms with Crippen LogP contribution < -0.4 is 0 Å². The molecule has 1 unspecified atom stereocenters. The summed E-state index contributed by atoms with van der Waals surface area (Å²) in [5, 5.41) is 0.477. The number of methoxy groups -OCH3 is 1. The van der Waals surface area contributed by atoms with Crippen LogP contribution in [-0.4, -0.2) is 18.1 Å². The van der Waals surface area contributed by atoms with Crippen molar-refractivity contribution in [3.8, 4) is 0 Å². The molecule has 0 bridgehead atoms. The number of hydrogen-bond donors (Lipinski definition) is 0. The highest BCUT2D eigenvalue weighted by molar-refractivity contribution is 7.80. The standard InChI is InChI=1S/C16H16F2OS/c1-19-15(20)11-14(12-5-3-2-4-6-12)13-7-9-16(17,18)10-8-13/h2-9,14H,10-11H2,1H3. The van der Waals surface area contributed by atoms with Gasteiger partial charge in [0.1, 0.15) is 0 Å². The van der Waals surface area contributed by atoms with Crippen LogP contribution in [0.15, 0.2) is 54.1 Å². The Kier molecular flexibility index (Phi) is 4.65. The molecule has 4 heteroatoms. The number of rotatable bonds is 4. The molecule has 0 aliphatic heterocycles. The number of halogens is 2. The van der Waals surface area contributed by atoms with Crippen molar-refractivity contribution in [3.05, 3.63) is 59.7 Å². The van der Waals surface area contributed by atoms with Gasteiger partial charge in [0.2, 0.25) is 0 Å². The predicted molar refractivity (Wildman–Crippen MR) is 80.2 cm³/mol.